The minimum Gasteiger partial charge on any atom is -0.379 e. The Hall–Kier alpha value is -0.970. The standard InChI is InChI=1S/C12H13Cl2N3O/c13-8-4-10-11(5-9(8)14)17(12(15)16-10)7-2-1-3-18-6-7/h4-5,7H,1-3,6H2,(H2,15,16). The van der Waals surface area contributed by atoms with Gasteiger partial charge in [0, 0.05) is 6.61 Å². The van der Waals surface area contributed by atoms with E-state index >= 15 is 0 Å². The van der Waals surface area contributed by atoms with Gasteiger partial charge in [0.2, 0.25) is 5.95 Å². The Kier molecular flexibility index (Phi) is 3.09. The average molecular weight is 286 g/mol. The van der Waals surface area contributed by atoms with Crippen LogP contribution in [0.1, 0.15) is 18.9 Å². The molecule has 2 aromatic rings. The van der Waals surface area contributed by atoms with Crippen LogP contribution in [0.15, 0.2) is 12.1 Å². The molecule has 3 rings (SSSR count). The molecule has 2 heterocycles. The van der Waals surface area contributed by atoms with Crippen molar-refractivity contribution in [3.8, 4) is 0 Å². The van der Waals surface area contributed by atoms with E-state index < -0.39 is 0 Å². The molecule has 18 heavy (non-hydrogen) atoms. The van der Waals surface area contributed by atoms with Crippen molar-refractivity contribution in [2.24, 2.45) is 0 Å². The van der Waals surface area contributed by atoms with Gasteiger partial charge in [-0.25, -0.2) is 4.98 Å². The molecule has 1 unspecified atom stereocenters. The zero-order valence-electron chi connectivity index (χ0n) is 9.70. The van der Waals surface area contributed by atoms with Crippen LogP contribution in [-0.4, -0.2) is 22.8 Å². The molecule has 0 amide bonds. The molecular weight excluding hydrogens is 273 g/mol. The molecule has 1 saturated heterocycles. The molecule has 0 radical (unpaired) electrons. The van der Waals surface area contributed by atoms with E-state index in [1.165, 1.54) is 0 Å². The number of halogens is 2. The topological polar surface area (TPSA) is 53.1 Å². The lowest BCUT2D eigenvalue weighted by molar-refractivity contribution is 0.0611. The molecule has 1 aliphatic heterocycles. The number of benzene rings is 1. The van der Waals surface area contributed by atoms with Gasteiger partial charge in [-0.05, 0) is 25.0 Å². The third-order valence-electron chi connectivity index (χ3n) is 3.26. The van der Waals surface area contributed by atoms with E-state index in [0.717, 1.165) is 30.5 Å². The van der Waals surface area contributed by atoms with Crippen molar-refractivity contribution in [1.29, 1.82) is 0 Å². The van der Waals surface area contributed by atoms with Crippen molar-refractivity contribution < 1.29 is 4.74 Å². The zero-order valence-corrected chi connectivity index (χ0v) is 11.2. The Labute approximate surface area is 115 Å². The first-order valence-corrected chi connectivity index (χ1v) is 6.62. The van der Waals surface area contributed by atoms with Crippen LogP contribution in [-0.2, 0) is 4.74 Å². The first-order chi connectivity index (χ1) is 8.66. The number of nitrogen functional groups attached to an aromatic ring is 1. The Bertz CT molecular complexity index is 591. The molecule has 0 aliphatic carbocycles. The Morgan fingerprint density at radius 2 is 2.11 bits per heavy atom. The van der Waals surface area contributed by atoms with Crippen molar-refractivity contribution in [3.05, 3.63) is 22.2 Å². The highest BCUT2D eigenvalue weighted by Gasteiger charge is 2.21. The minimum absolute atomic E-state index is 0.223. The van der Waals surface area contributed by atoms with E-state index in [9.17, 15) is 0 Å². The molecule has 0 bridgehead atoms. The predicted molar refractivity (Wildman–Crippen MR) is 73.3 cm³/mol. The third-order valence-corrected chi connectivity index (χ3v) is 3.98. The summed E-state index contributed by atoms with van der Waals surface area (Å²) in [4.78, 5) is 4.33. The lowest BCUT2D eigenvalue weighted by Gasteiger charge is -2.24. The van der Waals surface area contributed by atoms with Gasteiger partial charge < -0.3 is 15.0 Å². The van der Waals surface area contributed by atoms with Crippen LogP contribution in [0.2, 0.25) is 10.0 Å². The maximum Gasteiger partial charge on any atom is 0.201 e. The van der Waals surface area contributed by atoms with Gasteiger partial charge in [0.1, 0.15) is 0 Å². The number of anilines is 1. The second kappa shape index (κ2) is 4.61. The van der Waals surface area contributed by atoms with Crippen LogP contribution in [0, 0.1) is 0 Å². The quantitative estimate of drug-likeness (QED) is 0.875. The predicted octanol–water partition coefficient (Wildman–Crippen LogP) is 3.28. The Morgan fingerprint density at radius 1 is 1.33 bits per heavy atom. The summed E-state index contributed by atoms with van der Waals surface area (Å²) in [6, 6.07) is 3.79. The number of imidazole rings is 1. The van der Waals surface area contributed by atoms with Crippen LogP contribution in [0.4, 0.5) is 5.95 Å². The number of nitrogens with zero attached hydrogens (tertiary/aromatic N) is 2. The zero-order chi connectivity index (χ0) is 12.7. The van der Waals surface area contributed by atoms with E-state index in [1.54, 1.807) is 6.07 Å². The highest BCUT2D eigenvalue weighted by Crippen LogP contribution is 2.32. The summed E-state index contributed by atoms with van der Waals surface area (Å²) in [6.45, 7) is 1.48. The van der Waals surface area contributed by atoms with Gasteiger partial charge in [-0.3, -0.25) is 0 Å². The number of nitrogens with two attached hydrogens (primary N) is 1. The second-order valence-electron chi connectivity index (χ2n) is 4.47. The summed E-state index contributed by atoms with van der Waals surface area (Å²) in [5, 5.41) is 1.01. The van der Waals surface area contributed by atoms with Gasteiger partial charge >= 0.3 is 0 Å². The normalized spacial score (nSPS) is 20.4. The molecule has 0 spiro atoms. The first kappa shape index (κ1) is 12.1. The maximum atomic E-state index is 6.06. The van der Waals surface area contributed by atoms with E-state index in [4.69, 9.17) is 33.7 Å². The monoisotopic (exact) mass is 285 g/mol. The van der Waals surface area contributed by atoms with Gasteiger partial charge in [0.25, 0.3) is 0 Å². The lowest BCUT2D eigenvalue weighted by Crippen LogP contribution is -2.22. The summed E-state index contributed by atoms with van der Waals surface area (Å²) in [5.74, 6) is 0.485. The molecule has 1 aromatic heterocycles. The van der Waals surface area contributed by atoms with Crippen LogP contribution in [0.5, 0.6) is 0 Å². The van der Waals surface area contributed by atoms with Gasteiger partial charge in [-0.1, -0.05) is 23.2 Å². The number of hydrogen-bond donors (Lipinski definition) is 1. The summed E-state index contributed by atoms with van der Waals surface area (Å²) < 4.78 is 7.50. The molecule has 1 aromatic carbocycles. The SMILES string of the molecule is Nc1nc2cc(Cl)c(Cl)cc2n1C1CCCOC1. The second-order valence-corrected chi connectivity index (χ2v) is 5.28. The number of rotatable bonds is 1. The molecule has 1 fully saturated rings. The molecule has 1 aliphatic rings. The summed E-state index contributed by atoms with van der Waals surface area (Å²) in [5.41, 5.74) is 7.68. The van der Waals surface area contributed by atoms with Crippen molar-refractivity contribution in [1.82, 2.24) is 9.55 Å². The summed E-state index contributed by atoms with van der Waals surface area (Å²) >= 11 is 12.1. The van der Waals surface area contributed by atoms with E-state index in [1.807, 2.05) is 10.6 Å². The molecule has 0 saturated carbocycles. The molecule has 1 atom stereocenters. The Morgan fingerprint density at radius 3 is 2.83 bits per heavy atom. The smallest absolute Gasteiger partial charge is 0.201 e. The first-order valence-electron chi connectivity index (χ1n) is 5.87. The number of hydrogen-bond acceptors (Lipinski definition) is 3. The van der Waals surface area contributed by atoms with Gasteiger partial charge in [-0.2, -0.15) is 0 Å². The van der Waals surface area contributed by atoms with E-state index in [2.05, 4.69) is 4.98 Å². The third kappa shape index (κ3) is 1.94. The van der Waals surface area contributed by atoms with E-state index in [-0.39, 0.29) is 6.04 Å². The highest BCUT2D eigenvalue weighted by molar-refractivity contribution is 6.42. The molecule has 6 heteroatoms. The summed E-state index contributed by atoms with van der Waals surface area (Å²) in [7, 11) is 0. The van der Waals surface area contributed by atoms with Crippen molar-refractivity contribution in [2.75, 3.05) is 18.9 Å². The molecule has 4 nitrogen and oxygen atoms in total. The van der Waals surface area contributed by atoms with Crippen LogP contribution in [0.3, 0.4) is 0 Å². The van der Waals surface area contributed by atoms with Crippen LogP contribution in [0.25, 0.3) is 11.0 Å². The fraction of sp³-hybridized carbons (Fsp3) is 0.417. The van der Waals surface area contributed by atoms with E-state index in [0.29, 0.717) is 22.6 Å². The van der Waals surface area contributed by atoms with Gasteiger partial charge in [-0.15, -0.1) is 0 Å². The van der Waals surface area contributed by atoms with Crippen LogP contribution >= 0.6 is 23.2 Å². The average Bonchev–Trinajstić information content (AvgIpc) is 2.66. The molecular formula is C12H13Cl2N3O. The highest BCUT2D eigenvalue weighted by atomic mass is 35.5. The number of aromatic nitrogens is 2. The van der Waals surface area contributed by atoms with Crippen molar-refractivity contribution in [3.63, 3.8) is 0 Å². The van der Waals surface area contributed by atoms with Crippen molar-refractivity contribution >= 4 is 40.2 Å². The summed E-state index contributed by atoms with van der Waals surface area (Å²) in [6.07, 6.45) is 2.07. The van der Waals surface area contributed by atoms with Crippen molar-refractivity contribution in [2.45, 2.75) is 18.9 Å². The number of ether oxygens (including phenoxy) is 1. The van der Waals surface area contributed by atoms with Gasteiger partial charge in [0.15, 0.2) is 0 Å². The molecule has 96 valence electrons. The number of fused-ring (bicyclic) bond motifs is 1. The van der Waals surface area contributed by atoms with Crippen LogP contribution < -0.4 is 5.73 Å². The minimum atomic E-state index is 0.223. The lowest BCUT2D eigenvalue weighted by atomic mass is 10.1. The largest absolute Gasteiger partial charge is 0.379 e. The fourth-order valence-corrected chi connectivity index (χ4v) is 2.74. The Balaban J connectivity index is 2.15. The fourth-order valence-electron chi connectivity index (χ4n) is 2.42. The maximum absolute atomic E-state index is 6.06. The molecule has 2 N–H and O–H groups in total. The van der Waals surface area contributed by atoms with Gasteiger partial charge in [0.05, 0.1) is 33.7 Å².